The molecule has 0 aliphatic carbocycles. The number of ether oxygens (including phenoxy) is 1. The van der Waals surface area contributed by atoms with Crippen LogP contribution in [0.4, 0.5) is 0 Å². The maximum Gasteiger partial charge on any atom is 0.359 e. The Balaban J connectivity index is 2.14. The van der Waals surface area contributed by atoms with E-state index in [9.17, 15) is 4.79 Å². The van der Waals surface area contributed by atoms with Gasteiger partial charge in [-0.05, 0) is 39.5 Å². The summed E-state index contributed by atoms with van der Waals surface area (Å²) in [6.07, 6.45) is 0. The Morgan fingerprint density at radius 3 is 1.70 bits per heavy atom. The molecule has 0 saturated heterocycles. The molecule has 150 valence electrons. The number of carbonyl (C=O) groups excluding carboxylic acids is 1. The van der Waals surface area contributed by atoms with Crippen molar-refractivity contribution in [3.63, 3.8) is 0 Å². The van der Waals surface area contributed by atoms with Crippen molar-refractivity contribution < 1.29 is 9.53 Å². The predicted molar refractivity (Wildman–Crippen MR) is 118 cm³/mol. The molecule has 0 aliphatic rings. The Kier molecular flexibility index (Phi) is 5.77. The van der Waals surface area contributed by atoms with Crippen molar-refractivity contribution >= 4 is 21.9 Å². The van der Waals surface area contributed by atoms with Crippen LogP contribution in [-0.4, -0.2) is 27.6 Å². The lowest BCUT2D eigenvalue weighted by atomic mass is 9.77. The zero-order chi connectivity index (χ0) is 21.0. The number of carbonyl (C=O) groups is 1. The second-order valence-electron chi connectivity index (χ2n) is 6.67. The van der Waals surface area contributed by atoms with E-state index in [1.54, 1.807) is 11.6 Å². The molecule has 4 aromatic rings. The van der Waals surface area contributed by atoms with Gasteiger partial charge in [0.25, 0.3) is 0 Å². The van der Waals surface area contributed by atoms with Crippen LogP contribution in [0.3, 0.4) is 0 Å². The highest BCUT2D eigenvalue weighted by Crippen LogP contribution is 2.41. The van der Waals surface area contributed by atoms with Crippen molar-refractivity contribution in [1.82, 2.24) is 15.0 Å². The molecular weight excluding hydrogens is 442 g/mol. The van der Waals surface area contributed by atoms with Gasteiger partial charge < -0.3 is 4.74 Å². The van der Waals surface area contributed by atoms with Crippen LogP contribution in [-0.2, 0) is 10.3 Å². The van der Waals surface area contributed by atoms with Crippen molar-refractivity contribution in [2.45, 2.75) is 12.5 Å². The molecule has 4 rings (SSSR count). The van der Waals surface area contributed by atoms with E-state index in [0.717, 1.165) is 16.7 Å². The number of aromatic nitrogens is 3. The third kappa shape index (κ3) is 3.33. The monoisotopic (exact) mass is 461 g/mol. The summed E-state index contributed by atoms with van der Waals surface area (Å²) in [7, 11) is 0. The number of nitrogens with zero attached hydrogens (tertiary/aromatic N) is 3. The van der Waals surface area contributed by atoms with Crippen molar-refractivity contribution in [3.05, 3.63) is 118 Å². The van der Waals surface area contributed by atoms with E-state index in [4.69, 9.17) is 4.74 Å². The summed E-state index contributed by atoms with van der Waals surface area (Å²) < 4.78 is 7.34. The van der Waals surface area contributed by atoms with Crippen molar-refractivity contribution in [2.24, 2.45) is 0 Å². The Hall–Kier alpha value is -3.25. The lowest BCUT2D eigenvalue weighted by Crippen LogP contribution is -2.40. The molecule has 0 N–H and O–H groups in total. The molecule has 0 amide bonds. The minimum absolute atomic E-state index is 0.255. The molecule has 0 unspecified atom stereocenters. The highest BCUT2D eigenvalue weighted by atomic mass is 79.9. The molecule has 1 heterocycles. The summed E-state index contributed by atoms with van der Waals surface area (Å²) in [5, 5.41) is 8.63. The molecule has 3 aromatic carbocycles. The molecule has 0 atom stereocenters. The maximum absolute atomic E-state index is 12.9. The number of halogens is 1. The first kappa shape index (κ1) is 20.0. The Morgan fingerprint density at radius 1 is 0.867 bits per heavy atom. The van der Waals surface area contributed by atoms with Crippen LogP contribution in [0.2, 0.25) is 0 Å². The summed E-state index contributed by atoms with van der Waals surface area (Å²) >= 11 is 3.40. The van der Waals surface area contributed by atoms with E-state index < -0.39 is 11.5 Å². The smallest absolute Gasteiger partial charge is 0.359 e. The van der Waals surface area contributed by atoms with Gasteiger partial charge in [-0.25, -0.2) is 9.48 Å². The third-order valence-electron chi connectivity index (χ3n) is 4.99. The normalized spacial score (nSPS) is 11.3. The van der Waals surface area contributed by atoms with Crippen molar-refractivity contribution in [2.75, 3.05) is 6.61 Å². The zero-order valence-corrected chi connectivity index (χ0v) is 18.0. The largest absolute Gasteiger partial charge is 0.461 e. The topological polar surface area (TPSA) is 57.0 Å². The van der Waals surface area contributed by atoms with Gasteiger partial charge >= 0.3 is 5.97 Å². The summed E-state index contributed by atoms with van der Waals surface area (Å²) in [6, 6.07) is 30.0. The molecule has 0 radical (unpaired) electrons. The van der Waals surface area contributed by atoms with Gasteiger partial charge in [0.2, 0.25) is 0 Å². The molecule has 30 heavy (non-hydrogen) atoms. The van der Waals surface area contributed by atoms with Gasteiger partial charge in [0.05, 0.1) is 6.61 Å². The van der Waals surface area contributed by atoms with Gasteiger partial charge in [0.15, 0.2) is 10.3 Å². The molecule has 0 spiro atoms. The second kappa shape index (κ2) is 8.63. The fourth-order valence-corrected chi connectivity index (χ4v) is 4.17. The molecular formula is C24H20BrN3O2. The highest BCUT2D eigenvalue weighted by molar-refractivity contribution is 9.10. The van der Waals surface area contributed by atoms with Gasteiger partial charge in [0, 0.05) is 0 Å². The maximum atomic E-state index is 12.9. The van der Waals surface area contributed by atoms with Crippen LogP contribution < -0.4 is 0 Å². The quantitative estimate of drug-likeness (QED) is 0.297. The van der Waals surface area contributed by atoms with Crippen molar-refractivity contribution in [3.8, 4) is 0 Å². The lowest BCUT2D eigenvalue weighted by molar-refractivity contribution is 0.0507. The van der Waals surface area contributed by atoms with E-state index in [1.165, 1.54) is 0 Å². The molecule has 0 saturated carbocycles. The number of benzene rings is 3. The van der Waals surface area contributed by atoms with Crippen molar-refractivity contribution in [1.29, 1.82) is 0 Å². The van der Waals surface area contributed by atoms with Crippen LogP contribution in [0.5, 0.6) is 0 Å². The minimum atomic E-state index is -0.926. The highest BCUT2D eigenvalue weighted by Gasteiger charge is 2.43. The van der Waals surface area contributed by atoms with E-state index in [-0.39, 0.29) is 12.3 Å². The predicted octanol–water partition coefficient (Wildman–Crippen LogP) is 5.06. The van der Waals surface area contributed by atoms with Gasteiger partial charge in [-0.2, -0.15) is 0 Å². The first-order chi connectivity index (χ1) is 14.7. The Bertz CT molecular complexity index is 1030. The van der Waals surface area contributed by atoms with Gasteiger partial charge in [-0.3, -0.25) is 0 Å². The summed E-state index contributed by atoms with van der Waals surface area (Å²) in [4.78, 5) is 12.9. The number of hydrogen-bond donors (Lipinski definition) is 0. The Labute approximate surface area is 183 Å². The molecule has 0 bridgehead atoms. The number of hydrogen-bond acceptors (Lipinski definition) is 4. The number of rotatable bonds is 6. The molecule has 6 heteroatoms. The summed E-state index contributed by atoms with van der Waals surface area (Å²) in [5.41, 5.74) is 2.18. The summed E-state index contributed by atoms with van der Waals surface area (Å²) in [5.74, 6) is -0.485. The molecule has 0 aliphatic heterocycles. The first-order valence-electron chi connectivity index (χ1n) is 9.65. The molecule has 0 fully saturated rings. The van der Waals surface area contributed by atoms with Crippen LogP contribution in [0.25, 0.3) is 0 Å². The molecule has 5 nitrogen and oxygen atoms in total. The zero-order valence-electron chi connectivity index (χ0n) is 16.4. The average Bonchev–Trinajstić information content (AvgIpc) is 3.18. The van der Waals surface area contributed by atoms with Crippen LogP contribution in [0.1, 0.15) is 34.1 Å². The summed E-state index contributed by atoms with van der Waals surface area (Å²) in [6.45, 7) is 2.03. The van der Waals surface area contributed by atoms with Gasteiger partial charge in [-0.1, -0.05) is 96.2 Å². The van der Waals surface area contributed by atoms with Crippen LogP contribution in [0.15, 0.2) is 95.6 Å². The van der Waals surface area contributed by atoms with E-state index >= 15 is 0 Å². The second-order valence-corrected chi connectivity index (χ2v) is 7.42. The van der Waals surface area contributed by atoms with Gasteiger partial charge in [0.1, 0.15) is 5.54 Å². The average molecular weight is 462 g/mol. The molecule has 1 aromatic heterocycles. The third-order valence-corrected chi connectivity index (χ3v) is 5.52. The van der Waals surface area contributed by atoms with E-state index in [2.05, 4.69) is 26.2 Å². The fourth-order valence-electron chi connectivity index (χ4n) is 3.77. The number of esters is 1. The van der Waals surface area contributed by atoms with Gasteiger partial charge in [-0.15, -0.1) is 5.10 Å². The van der Waals surface area contributed by atoms with Crippen LogP contribution in [0, 0.1) is 0 Å². The van der Waals surface area contributed by atoms with Crippen LogP contribution >= 0.6 is 15.9 Å². The lowest BCUT2D eigenvalue weighted by Gasteiger charge is -2.36. The van der Waals surface area contributed by atoms with E-state index in [1.807, 2.05) is 91.0 Å². The minimum Gasteiger partial charge on any atom is -0.461 e. The standard InChI is InChI=1S/C24H20BrN3O2/c1-2-30-23(29)21-22(25)26-27-28(21)24(18-12-6-3-7-13-18,19-14-8-4-9-15-19)20-16-10-5-11-17-20/h3-17H,2H2,1H3. The SMILES string of the molecule is CCOC(=O)c1c(Br)nnn1C(c1ccccc1)(c1ccccc1)c1ccccc1. The Morgan fingerprint density at radius 2 is 1.30 bits per heavy atom. The fraction of sp³-hybridized carbons (Fsp3) is 0.125. The first-order valence-corrected chi connectivity index (χ1v) is 10.4. The van der Waals surface area contributed by atoms with E-state index in [0.29, 0.717) is 4.60 Å².